The Kier molecular flexibility index (Phi) is 7.13. The summed E-state index contributed by atoms with van der Waals surface area (Å²) in [5.74, 6) is -0.833. The zero-order valence-electron chi connectivity index (χ0n) is 15.9. The Morgan fingerprint density at radius 1 is 1.14 bits per heavy atom. The maximum atomic E-state index is 12.2. The van der Waals surface area contributed by atoms with E-state index < -0.39 is 11.9 Å². The first-order valence-corrected chi connectivity index (χ1v) is 10.3. The SMILES string of the molecule is O=C(CNC(=O)c1ccc(N2CCCC2=O)cc1)OCCCC(=O)c1cccs1. The van der Waals surface area contributed by atoms with Gasteiger partial charge in [-0.2, -0.15) is 0 Å². The van der Waals surface area contributed by atoms with Gasteiger partial charge in [-0.1, -0.05) is 6.07 Å². The highest BCUT2D eigenvalue weighted by molar-refractivity contribution is 7.12. The molecule has 2 heterocycles. The Labute approximate surface area is 172 Å². The van der Waals surface area contributed by atoms with Crippen molar-refractivity contribution in [3.8, 4) is 0 Å². The second-order valence-electron chi connectivity index (χ2n) is 6.60. The van der Waals surface area contributed by atoms with Gasteiger partial charge < -0.3 is 15.0 Å². The van der Waals surface area contributed by atoms with E-state index in [1.165, 1.54) is 11.3 Å². The zero-order valence-corrected chi connectivity index (χ0v) is 16.7. The third kappa shape index (κ3) is 5.74. The van der Waals surface area contributed by atoms with Crippen LogP contribution >= 0.6 is 11.3 Å². The Morgan fingerprint density at radius 2 is 1.93 bits per heavy atom. The van der Waals surface area contributed by atoms with Crippen LogP contribution in [0.5, 0.6) is 0 Å². The normalized spacial score (nSPS) is 13.4. The van der Waals surface area contributed by atoms with E-state index in [2.05, 4.69) is 5.32 Å². The largest absolute Gasteiger partial charge is 0.464 e. The van der Waals surface area contributed by atoms with Crippen LogP contribution in [0.2, 0.25) is 0 Å². The number of carbonyl (C=O) groups excluding carboxylic acids is 4. The van der Waals surface area contributed by atoms with Gasteiger partial charge in [-0.05, 0) is 48.6 Å². The number of esters is 1. The van der Waals surface area contributed by atoms with Gasteiger partial charge in [-0.15, -0.1) is 11.3 Å². The number of carbonyl (C=O) groups is 4. The van der Waals surface area contributed by atoms with Gasteiger partial charge in [0, 0.05) is 30.6 Å². The van der Waals surface area contributed by atoms with Crippen LogP contribution < -0.4 is 10.2 Å². The van der Waals surface area contributed by atoms with E-state index in [-0.39, 0.29) is 24.8 Å². The fourth-order valence-electron chi connectivity index (χ4n) is 3.00. The zero-order chi connectivity index (χ0) is 20.6. The second kappa shape index (κ2) is 9.97. The van der Waals surface area contributed by atoms with Gasteiger partial charge in [0.2, 0.25) is 5.91 Å². The Morgan fingerprint density at radius 3 is 2.59 bits per heavy atom. The van der Waals surface area contributed by atoms with Crippen molar-refractivity contribution in [1.29, 1.82) is 0 Å². The van der Waals surface area contributed by atoms with Crippen molar-refractivity contribution < 1.29 is 23.9 Å². The third-order valence-corrected chi connectivity index (χ3v) is 5.43. The predicted molar refractivity (Wildman–Crippen MR) is 109 cm³/mol. The summed E-state index contributed by atoms with van der Waals surface area (Å²) in [6.07, 6.45) is 2.14. The summed E-state index contributed by atoms with van der Waals surface area (Å²) in [6, 6.07) is 10.3. The van der Waals surface area contributed by atoms with Crippen LogP contribution in [0.25, 0.3) is 0 Å². The standard InChI is InChI=1S/C21H22N2O5S/c24-17(18-5-3-13-29-18)4-2-12-28-20(26)14-22-21(27)15-7-9-16(10-8-15)23-11-1-6-19(23)25/h3,5,7-10,13H,1-2,4,6,11-12,14H2,(H,22,27). The number of Topliss-reactive ketones (excluding diaryl/α,β-unsaturated/α-hetero) is 1. The van der Waals surface area contributed by atoms with Gasteiger partial charge in [0.15, 0.2) is 5.78 Å². The van der Waals surface area contributed by atoms with Gasteiger partial charge in [-0.3, -0.25) is 19.2 Å². The van der Waals surface area contributed by atoms with Gasteiger partial charge in [0.25, 0.3) is 5.91 Å². The van der Waals surface area contributed by atoms with Gasteiger partial charge in [-0.25, -0.2) is 0 Å². The van der Waals surface area contributed by atoms with E-state index in [0.29, 0.717) is 36.2 Å². The lowest BCUT2D eigenvalue weighted by Gasteiger charge is -2.15. The molecule has 2 aromatic rings. The molecular formula is C21H22N2O5S. The van der Waals surface area contributed by atoms with Crippen LogP contribution in [-0.2, 0) is 14.3 Å². The molecule has 3 rings (SSSR count). The molecule has 0 saturated carbocycles. The molecule has 1 fully saturated rings. The summed E-state index contributed by atoms with van der Waals surface area (Å²) in [7, 11) is 0. The van der Waals surface area contributed by atoms with Crippen molar-refractivity contribution in [2.24, 2.45) is 0 Å². The summed E-state index contributed by atoms with van der Waals surface area (Å²) in [4.78, 5) is 49.9. The van der Waals surface area contributed by atoms with Gasteiger partial charge in [0.1, 0.15) is 6.54 Å². The molecule has 1 N–H and O–H groups in total. The maximum absolute atomic E-state index is 12.2. The van der Waals surface area contributed by atoms with Gasteiger partial charge >= 0.3 is 5.97 Å². The van der Waals surface area contributed by atoms with Crippen LogP contribution in [-0.4, -0.2) is 43.3 Å². The summed E-state index contributed by atoms with van der Waals surface area (Å²) in [6.45, 7) is 0.573. The van der Waals surface area contributed by atoms with Crippen molar-refractivity contribution in [1.82, 2.24) is 5.32 Å². The van der Waals surface area contributed by atoms with Crippen LogP contribution in [0.1, 0.15) is 45.7 Å². The van der Waals surface area contributed by atoms with Crippen molar-refractivity contribution in [2.75, 3.05) is 24.6 Å². The topological polar surface area (TPSA) is 92.8 Å². The van der Waals surface area contributed by atoms with E-state index in [1.807, 2.05) is 11.4 Å². The van der Waals surface area contributed by atoms with Crippen molar-refractivity contribution in [3.63, 3.8) is 0 Å². The lowest BCUT2D eigenvalue weighted by molar-refractivity contribution is -0.142. The number of anilines is 1. The fraction of sp³-hybridized carbons (Fsp3) is 0.333. The van der Waals surface area contributed by atoms with E-state index in [1.54, 1.807) is 35.2 Å². The number of hydrogen-bond acceptors (Lipinski definition) is 6. The molecule has 7 nitrogen and oxygen atoms in total. The first kappa shape index (κ1) is 20.7. The molecule has 0 aliphatic carbocycles. The average molecular weight is 414 g/mol. The smallest absolute Gasteiger partial charge is 0.325 e. The molecule has 1 aliphatic heterocycles. The number of amides is 2. The molecule has 0 bridgehead atoms. The predicted octanol–water partition coefficient (Wildman–Crippen LogP) is 2.81. The number of ether oxygens (including phenoxy) is 1. The quantitative estimate of drug-likeness (QED) is 0.387. The van der Waals surface area contributed by atoms with Crippen molar-refractivity contribution in [2.45, 2.75) is 25.7 Å². The molecule has 0 spiro atoms. The van der Waals surface area contributed by atoms with Crippen LogP contribution in [0.3, 0.4) is 0 Å². The molecule has 1 aromatic carbocycles. The molecule has 152 valence electrons. The summed E-state index contributed by atoms with van der Waals surface area (Å²) in [5.41, 5.74) is 1.16. The molecule has 1 aromatic heterocycles. The van der Waals surface area contributed by atoms with Crippen molar-refractivity contribution >= 4 is 40.6 Å². The van der Waals surface area contributed by atoms with E-state index >= 15 is 0 Å². The molecule has 2 amide bonds. The summed E-state index contributed by atoms with van der Waals surface area (Å²) < 4.78 is 5.05. The molecule has 1 aliphatic rings. The lowest BCUT2D eigenvalue weighted by atomic mass is 10.2. The summed E-state index contributed by atoms with van der Waals surface area (Å²) >= 11 is 1.39. The number of benzene rings is 1. The number of nitrogens with zero attached hydrogens (tertiary/aromatic N) is 1. The number of rotatable bonds is 9. The molecule has 8 heteroatoms. The third-order valence-electron chi connectivity index (χ3n) is 4.52. The highest BCUT2D eigenvalue weighted by Crippen LogP contribution is 2.21. The number of hydrogen-bond donors (Lipinski definition) is 1. The van der Waals surface area contributed by atoms with Gasteiger partial charge in [0.05, 0.1) is 11.5 Å². The minimum Gasteiger partial charge on any atom is -0.464 e. The molecule has 0 radical (unpaired) electrons. The summed E-state index contributed by atoms with van der Waals surface area (Å²) in [5, 5.41) is 4.35. The maximum Gasteiger partial charge on any atom is 0.325 e. The number of nitrogens with one attached hydrogen (secondary N) is 1. The Bertz CT molecular complexity index is 877. The first-order valence-electron chi connectivity index (χ1n) is 9.45. The molecule has 0 atom stereocenters. The first-order chi connectivity index (χ1) is 14.0. The number of ketones is 1. The molecule has 0 unspecified atom stereocenters. The van der Waals surface area contributed by atoms with E-state index in [4.69, 9.17) is 4.74 Å². The average Bonchev–Trinajstić information content (AvgIpc) is 3.41. The van der Waals surface area contributed by atoms with E-state index in [0.717, 1.165) is 12.1 Å². The van der Waals surface area contributed by atoms with Crippen LogP contribution in [0.15, 0.2) is 41.8 Å². The number of thiophene rings is 1. The Hall–Kier alpha value is -3.00. The minimum absolute atomic E-state index is 0.0310. The van der Waals surface area contributed by atoms with E-state index in [9.17, 15) is 19.2 Å². The monoisotopic (exact) mass is 414 g/mol. The molecule has 1 saturated heterocycles. The highest BCUT2D eigenvalue weighted by atomic mass is 32.1. The minimum atomic E-state index is -0.554. The van der Waals surface area contributed by atoms with Crippen LogP contribution in [0.4, 0.5) is 5.69 Å². The molecular weight excluding hydrogens is 392 g/mol. The second-order valence-corrected chi connectivity index (χ2v) is 7.55. The van der Waals surface area contributed by atoms with Crippen LogP contribution in [0, 0.1) is 0 Å². The highest BCUT2D eigenvalue weighted by Gasteiger charge is 2.21. The van der Waals surface area contributed by atoms with Crippen molar-refractivity contribution in [3.05, 3.63) is 52.2 Å². The fourth-order valence-corrected chi connectivity index (χ4v) is 3.69. The molecule has 29 heavy (non-hydrogen) atoms. The lowest BCUT2D eigenvalue weighted by Crippen LogP contribution is -2.31. The Balaban J connectivity index is 1.35.